The number of hydrogen-bond donors (Lipinski definition) is 0. The Kier molecular flexibility index (Phi) is 3.01. The van der Waals surface area contributed by atoms with Gasteiger partial charge in [0.25, 0.3) is 0 Å². The SMILES string of the molecule is CPc1ccc2c3ccc(I)cc3cc[n+]2c1. The summed E-state index contributed by atoms with van der Waals surface area (Å²) in [6.07, 6.45) is 4.38. The highest BCUT2D eigenvalue weighted by molar-refractivity contribution is 14.1. The first-order chi connectivity index (χ1) is 8.28. The third-order valence-corrected chi connectivity index (χ3v) is 4.51. The Labute approximate surface area is 116 Å². The van der Waals surface area contributed by atoms with Crippen LogP contribution in [0, 0.1) is 3.57 Å². The van der Waals surface area contributed by atoms with Crippen LogP contribution >= 0.6 is 31.2 Å². The molecule has 1 nitrogen and oxygen atoms in total. The summed E-state index contributed by atoms with van der Waals surface area (Å²) in [6.45, 7) is 2.21. The highest BCUT2D eigenvalue weighted by Gasteiger charge is 2.08. The maximum Gasteiger partial charge on any atom is 0.218 e. The molecule has 0 N–H and O–H groups in total. The standard InChI is InChI=1S/C14H12INP/c1-17-12-3-5-14-13-4-2-11(15)8-10(13)6-7-16(14)9-12/h2-9,17H,1H3/q+1. The summed E-state index contributed by atoms with van der Waals surface area (Å²) in [5.41, 5.74) is 1.28. The molecule has 2 heterocycles. The minimum absolute atomic E-state index is 0.846. The number of fused-ring (bicyclic) bond motifs is 3. The smallest absolute Gasteiger partial charge is 0.166 e. The van der Waals surface area contributed by atoms with Gasteiger partial charge < -0.3 is 0 Å². The second-order valence-corrected chi connectivity index (χ2v) is 6.33. The van der Waals surface area contributed by atoms with Crippen LogP contribution in [0.15, 0.2) is 48.8 Å². The monoisotopic (exact) mass is 352 g/mol. The quantitative estimate of drug-likeness (QED) is 0.274. The number of aromatic nitrogens is 1. The fraction of sp³-hybridized carbons (Fsp3) is 0.0714. The van der Waals surface area contributed by atoms with Gasteiger partial charge in [0.15, 0.2) is 12.4 Å². The Balaban J connectivity index is 2.40. The first-order valence-electron chi connectivity index (χ1n) is 5.49. The molecule has 0 saturated heterocycles. The van der Waals surface area contributed by atoms with Crippen molar-refractivity contribution in [2.24, 2.45) is 0 Å². The molecule has 0 radical (unpaired) electrons. The van der Waals surface area contributed by atoms with E-state index in [-0.39, 0.29) is 0 Å². The van der Waals surface area contributed by atoms with Crippen molar-refractivity contribution >= 4 is 52.8 Å². The fourth-order valence-corrected chi connectivity index (χ4v) is 3.12. The molecule has 0 aliphatic rings. The second-order valence-electron chi connectivity index (χ2n) is 4.01. The molecule has 1 atom stereocenters. The zero-order valence-corrected chi connectivity index (χ0v) is 12.6. The Bertz CT molecular complexity index is 709. The molecular formula is C14H12INP+. The molecule has 84 valence electrons. The van der Waals surface area contributed by atoms with E-state index < -0.39 is 0 Å². The zero-order chi connectivity index (χ0) is 11.8. The van der Waals surface area contributed by atoms with Gasteiger partial charge >= 0.3 is 0 Å². The molecule has 2 aromatic heterocycles. The molecule has 0 spiro atoms. The van der Waals surface area contributed by atoms with E-state index in [9.17, 15) is 0 Å². The maximum atomic E-state index is 2.36. The van der Waals surface area contributed by atoms with E-state index in [1.54, 1.807) is 0 Å². The van der Waals surface area contributed by atoms with Crippen LogP contribution < -0.4 is 9.71 Å². The Hall–Kier alpha value is -0.730. The molecule has 0 aliphatic carbocycles. The van der Waals surface area contributed by atoms with E-state index in [0.29, 0.717) is 0 Å². The van der Waals surface area contributed by atoms with Crippen molar-refractivity contribution in [3.8, 4) is 0 Å². The van der Waals surface area contributed by atoms with Crippen LogP contribution in [-0.2, 0) is 0 Å². The van der Waals surface area contributed by atoms with Crippen LogP contribution in [0.5, 0.6) is 0 Å². The van der Waals surface area contributed by atoms with Gasteiger partial charge in [-0.3, -0.25) is 0 Å². The predicted molar refractivity (Wildman–Crippen MR) is 83.7 cm³/mol. The lowest BCUT2D eigenvalue weighted by molar-refractivity contribution is -0.509. The van der Waals surface area contributed by atoms with Gasteiger partial charge in [-0.2, -0.15) is 4.40 Å². The van der Waals surface area contributed by atoms with Crippen molar-refractivity contribution in [3.63, 3.8) is 0 Å². The summed E-state index contributed by atoms with van der Waals surface area (Å²) in [4.78, 5) is 0. The molecular weight excluding hydrogens is 340 g/mol. The molecule has 3 aromatic rings. The second kappa shape index (κ2) is 4.51. The van der Waals surface area contributed by atoms with Gasteiger partial charge in [0.2, 0.25) is 5.52 Å². The number of hydrogen-bond acceptors (Lipinski definition) is 0. The van der Waals surface area contributed by atoms with E-state index in [4.69, 9.17) is 0 Å². The summed E-state index contributed by atoms with van der Waals surface area (Å²) in [6, 6.07) is 13.2. The zero-order valence-electron chi connectivity index (χ0n) is 9.44. The average Bonchev–Trinajstić information content (AvgIpc) is 2.37. The molecule has 0 aliphatic heterocycles. The third-order valence-electron chi connectivity index (χ3n) is 2.97. The molecule has 0 saturated carbocycles. The number of rotatable bonds is 1. The summed E-state index contributed by atoms with van der Waals surface area (Å²) in [7, 11) is 0.846. The van der Waals surface area contributed by atoms with Gasteiger partial charge in [0, 0.05) is 21.0 Å². The number of benzene rings is 1. The van der Waals surface area contributed by atoms with Gasteiger partial charge in [-0.05, 0) is 58.9 Å². The van der Waals surface area contributed by atoms with E-state index in [1.807, 2.05) is 0 Å². The molecule has 0 amide bonds. The third kappa shape index (κ3) is 2.04. The van der Waals surface area contributed by atoms with Crippen LogP contribution in [0.4, 0.5) is 0 Å². The summed E-state index contributed by atoms with van der Waals surface area (Å²) >= 11 is 2.36. The minimum Gasteiger partial charge on any atom is -0.166 e. The van der Waals surface area contributed by atoms with Gasteiger partial charge in [-0.15, -0.1) is 0 Å². The van der Waals surface area contributed by atoms with Gasteiger partial charge in [-0.1, -0.05) is 8.58 Å². The lowest BCUT2D eigenvalue weighted by atomic mass is 10.1. The predicted octanol–water partition coefficient (Wildman–Crippen LogP) is 3.12. The van der Waals surface area contributed by atoms with E-state index in [0.717, 1.165) is 8.58 Å². The summed E-state index contributed by atoms with van der Waals surface area (Å²) in [5, 5.41) is 4.02. The van der Waals surface area contributed by atoms with Crippen molar-refractivity contribution in [2.45, 2.75) is 0 Å². The van der Waals surface area contributed by atoms with Crippen LogP contribution in [0.1, 0.15) is 0 Å². The lowest BCUT2D eigenvalue weighted by Gasteiger charge is -2.00. The molecule has 1 unspecified atom stereocenters. The van der Waals surface area contributed by atoms with Crippen molar-refractivity contribution in [2.75, 3.05) is 6.66 Å². The molecule has 0 fully saturated rings. The fourth-order valence-electron chi connectivity index (χ4n) is 2.08. The number of nitrogens with zero attached hydrogens (tertiary/aromatic N) is 1. The molecule has 0 bridgehead atoms. The Morgan fingerprint density at radius 1 is 1.12 bits per heavy atom. The highest BCUT2D eigenvalue weighted by atomic mass is 127. The maximum absolute atomic E-state index is 2.36. The molecule has 3 rings (SSSR count). The van der Waals surface area contributed by atoms with Crippen molar-refractivity contribution < 1.29 is 4.40 Å². The first kappa shape index (κ1) is 11.4. The summed E-state index contributed by atoms with van der Waals surface area (Å²) < 4.78 is 3.51. The van der Waals surface area contributed by atoms with E-state index in [1.165, 1.54) is 25.2 Å². The van der Waals surface area contributed by atoms with E-state index in [2.05, 4.69) is 82.4 Å². The van der Waals surface area contributed by atoms with Crippen LogP contribution in [0.3, 0.4) is 0 Å². The topological polar surface area (TPSA) is 4.10 Å². The average molecular weight is 352 g/mol. The van der Waals surface area contributed by atoms with E-state index >= 15 is 0 Å². The van der Waals surface area contributed by atoms with Crippen LogP contribution in [0.2, 0.25) is 0 Å². The highest BCUT2D eigenvalue weighted by Crippen LogP contribution is 2.19. The van der Waals surface area contributed by atoms with Crippen LogP contribution in [0.25, 0.3) is 16.3 Å². The van der Waals surface area contributed by atoms with Crippen molar-refractivity contribution in [3.05, 3.63) is 52.4 Å². The summed E-state index contributed by atoms with van der Waals surface area (Å²) in [5.74, 6) is 0. The molecule has 17 heavy (non-hydrogen) atoms. The normalized spacial score (nSPS) is 11.9. The Morgan fingerprint density at radius 3 is 2.82 bits per heavy atom. The number of pyridine rings is 2. The minimum atomic E-state index is 0.846. The molecule has 1 aromatic carbocycles. The van der Waals surface area contributed by atoms with Gasteiger partial charge in [0.05, 0.1) is 5.39 Å². The van der Waals surface area contributed by atoms with Crippen molar-refractivity contribution in [1.82, 2.24) is 0 Å². The molecule has 3 heteroatoms. The number of halogens is 1. The van der Waals surface area contributed by atoms with Gasteiger partial charge in [0.1, 0.15) is 0 Å². The largest absolute Gasteiger partial charge is 0.218 e. The Morgan fingerprint density at radius 2 is 2.00 bits per heavy atom. The van der Waals surface area contributed by atoms with Crippen LogP contribution in [-0.4, -0.2) is 6.66 Å². The lowest BCUT2D eigenvalue weighted by Crippen LogP contribution is -2.24. The van der Waals surface area contributed by atoms with Gasteiger partial charge in [-0.25, -0.2) is 0 Å². The van der Waals surface area contributed by atoms with Crippen molar-refractivity contribution in [1.29, 1.82) is 0 Å². The first-order valence-corrected chi connectivity index (χ1v) is 8.07.